The zero-order valence-electron chi connectivity index (χ0n) is 10.1. The van der Waals surface area contributed by atoms with Gasteiger partial charge in [-0.15, -0.1) is 0 Å². The van der Waals surface area contributed by atoms with E-state index in [9.17, 15) is 0 Å². The Kier molecular flexibility index (Phi) is 3.89. The Bertz CT molecular complexity index is 309. The van der Waals surface area contributed by atoms with Crippen molar-refractivity contribution in [3.05, 3.63) is 30.3 Å². The summed E-state index contributed by atoms with van der Waals surface area (Å²) in [6, 6.07) is 10.0. The second-order valence-corrected chi connectivity index (χ2v) is 4.54. The van der Waals surface area contributed by atoms with Crippen molar-refractivity contribution < 1.29 is 0 Å². The molecule has 2 heteroatoms. The lowest BCUT2D eigenvalue weighted by Crippen LogP contribution is -2.39. The van der Waals surface area contributed by atoms with Gasteiger partial charge in [0, 0.05) is 12.1 Å². The molecule has 0 heterocycles. The molecule has 0 unspecified atom stereocenters. The topological polar surface area (TPSA) is 15.6 Å². The second-order valence-electron chi connectivity index (χ2n) is 4.54. The third kappa shape index (κ3) is 3.74. The summed E-state index contributed by atoms with van der Waals surface area (Å²) in [5.41, 5.74) is 1.13. The van der Waals surface area contributed by atoms with Crippen LogP contribution in [0.3, 0.4) is 0 Å². The van der Waals surface area contributed by atoms with E-state index in [1.54, 1.807) is 0 Å². The highest BCUT2D eigenvalue weighted by atomic mass is 15.2. The molecule has 1 aromatic carbocycles. The van der Waals surface area contributed by atoms with Gasteiger partial charge < -0.3 is 4.90 Å². The molecule has 0 spiro atoms. The first-order valence-corrected chi connectivity index (χ1v) is 5.40. The number of benzene rings is 1. The molecular formula is C13H20N2. The van der Waals surface area contributed by atoms with Crippen molar-refractivity contribution in [1.29, 1.82) is 0 Å². The number of hydrogen-bond donors (Lipinski definition) is 0. The highest BCUT2D eigenvalue weighted by Crippen LogP contribution is 2.13. The molecule has 0 aliphatic heterocycles. The molecule has 0 bridgehead atoms. The molecule has 0 aliphatic carbocycles. The van der Waals surface area contributed by atoms with Crippen LogP contribution in [0.4, 0.5) is 5.69 Å². The average molecular weight is 204 g/mol. The van der Waals surface area contributed by atoms with Crippen molar-refractivity contribution in [3.8, 4) is 0 Å². The van der Waals surface area contributed by atoms with E-state index in [2.05, 4.69) is 37.6 Å². The monoisotopic (exact) mass is 204 g/mol. The largest absolute Gasteiger partial charge is 0.358 e. The summed E-state index contributed by atoms with van der Waals surface area (Å²) in [5, 5.41) is 0. The van der Waals surface area contributed by atoms with Crippen LogP contribution in [0.2, 0.25) is 0 Å². The van der Waals surface area contributed by atoms with Crippen LogP contribution in [0.15, 0.2) is 35.3 Å². The summed E-state index contributed by atoms with van der Waals surface area (Å²) >= 11 is 0. The van der Waals surface area contributed by atoms with Gasteiger partial charge in [-0.05, 0) is 39.8 Å². The predicted octanol–water partition coefficient (Wildman–Crippen LogP) is 3.47. The van der Waals surface area contributed by atoms with Crippen LogP contribution in [0, 0.1) is 0 Å². The van der Waals surface area contributed by atoms with Gasteiger partial charge in [-0.2, -0.15) is 0 Å². The van der Waals surface area contributed by atoms with E-state index in [0.29, 0.717) is 0 Å². The zero-order chi connectivity index (χ0) is 11.3. The standard InChI is InChI=1S/C13H20N2/c1-5-15(13(2,3)4)11-14-12-9-7-6-8-10-12/h6-11H,5H2,1-4H3. The van der Waals surface area contributed by atoms with E-state index in [0.717, 1.165) is 12.2 Å². The fraction of sp³-hybridized carbons (Fsp3) is 0.462. The second kappa shape index (κ2) is 4.96. The van der Waals surface area contributed by atoms with Crippen LogP contribution < -0.4 is 0 Å². The smallest absolute Gasteiger partial charge is 0.0916 e. The first-order chi connectivity index (χ1) is 7.04. The maximum Gasteiger partial charge on any atom is 0.0916 e. The Morgan fingerprint density at radius 2 is 1.80 bits per heavy atom. The number of para-hydroxylation sites is 1. The molecule has 0 fully saturated rings. The van der Waals surface area contributed by atoms with Gasteiger partial charge in [-0.25, -0.2) is 4.99 Å². The van der Waals surface area contributed by atoms with Gasteiger partial charge in [-0.3, -0.25) is 0 Å². The molecule has 0 amide bonds. The minimum absolute atomic E-state index is 0.132. The third-order valence-corrected chi connectivity index (χ3v) is 2.30. The molecule has 15 heavy (non-hydrogen) atoms. The number of rotatable bonds is 3. The van der Waals surface area contributed by atoms with Gasteiger partial charge >= 0.3 is 0 Å². The van der Waals surface area contributed by atoms with Crippen LogP contribution in [-0.4, -0.2) is 23.3 Å². The van der Waals surface area contributed by atoms with Gasteiger partial charge in [0.15, 0.2) is 0 Å². The summed E-state index contributed by atoms with van der Waals surface area (Å²) in [5.74, 6) is 0. The molecule has 0 saturated heterocycles. The van der Waals surface area contributed by atoms with E-state index in [1.165, 1.54) is 0 Å². The summed E-state index contributed by atoms with van der Waals surface area (Å²) < 4.78 is 0. The third-order valence-electron chi connectivity index (χ3n) is 2.30. The molecule has 0 saturated carbocycles. The molecule has 0 radical (unpaired) electrons. The SMILES string of the molecule is CCN(C=Nc1ccccc1)C(C)(C)C. The molecule has 2 nitrogen and oxygen atoms in total. The molecular weight excluding hydrogens is 184 g/mol. The van der Waals surface area contributed by atoms with Gasteiger partial charge in [0.05, 0.1) is 12.0 Å². The van der Waals surface area contributed by atoms with Crippen LogP contribution >= 0.6 is 0 Å². The quantitative estimate of drug-likeness (QED) is 0.544. The van der Waals surface area contributed by atoms with Gasteiger partial charge in [0.25, 0.3) is 0 Å². The van der Waals surface area contributed by atoms with Crippen molar-refractivity contribution in [3.63, 3.8) is 0 Å². The average Bonchev–Trinajstić information content (AvgIpc) is 2.18. The maximum atomic E-state index is 4.44. The van der Waals surface area contributed by atoms with Crippen LogP contribution in [-0.2, 0) is 0 Å². The van der Waals surface area contributed by atoms with Crippen LogP contribution in [0.25, 0.3) is 0 Å². The van der Waals surface area contributed by atoms with E-state index >= 15 is 0 Å². The fourth-order valence-electron chi connectivity index (χ4n) is 1.38. The lowest BCUT2D eigenvalue weighted by Gasteiger charge is -2.32. The normalized spacial score (nSPS) is 12.0. The minimum Gasteiger partial charge on any atom is -0.358 e. The summed E-state index contributed by atoms with van der Waals surface area (Å²) in [4.78, 5) is 6.67. The molecule has 0 aromatic heterocycles. The molecule has 0 aliphatic rings. The van der Waals surface area contributed by atoms with E-state index in [1.807, 2.05) is 36.7 Å². The highest BCUT2D eigenvalue weighted by Gasteiger charge is 2.15. The van der Waals surface area contributed by atoms with E-state index in [4.69, 9.17) is 0 Å². The fourth-order valence-corrected chi connectivity index (χ4v) is 1.38. The van der Waals surface area contributed by atoms with Crippen molar-refractivity contribution in [1.82, 2.24) is 4.90 Å². The Labute approximate surface area is 92.6 Å². The minimum atomic E-state index is 0.132. The lowest BCUT2D eigenvalue weighted by molar-refractivity contribution is 0.256. The Hall–Kier alpha value is -1.31. The predicted molar refractivity (Wildman–Crippen MR) is 66.7 cm³/mol. The van der Waals surface area contributed by atoms with Crippen molar-refractivity contribution >= 4 is 12.0 Å². The van der Waals surface area contributed by atoms with Crippen molar-refractivity contribution in [2.24, 2.45) is 4.99 Å². The summed E-state index contributed by atoms with van der Waals surface area (Å²) in [7, 11) is 0. The Morgan fingerprint density at radius 1 is 1.20 bits per heavy atom. The van der Waals surface area contributed by atoms with Crippen molar-refractivity contribution in [2.45, 2.75) is 33.2 Å². The molecule has 1 aromatic rings. The van der Waals surface area contributed by atoms with Gasteiger partial charge in [0.2, 0.25) is 0 Å². The number of aliphatic imine (C=N–C) groups is 1. The van der Waals surface area contributed by atoms with Crippen LogP contribution in [0.5, 0.6) is 0 Å². The van der Waals surface area contributed by atoms with E-state index < -0.39 is 0 Å². The molecule has 0 N–H and O–H groups in total. The lowest BCUT2D eigenvalue weighted by atomic mass is 10.1. The van der Waals surface area contributed by atoms with E-state index in [-0.39, 0.29) is 5.54 Å². The number of nitrogens with zero attached hydrogens (tertiary/aromatic N) is 2. The summed E-state index contributed by atoms with van der Waals surface area (Å²) in [6.45, 7) is 9.68. The summed E-state index contributed by atoms with van der Waals surface area (Å²) in [6.07, 6.45) is 1.93. The number of hydrogen-bond acceptors (Lipinski definition) is 1. The molecule has 0 atom stereocenters. The highest BCUT2D eigenvalue weighted by molar-refractivity contribution is 5.61. The first-order valence-electron chi connectivity index (χ1n) is 5.40. The first kappa shape index (κ1) is 11.8. The van der Waals surface area contributed by atoms with Crippen LogP contribution in [0.1, 0.15) is 27.7 Å². The van der Waals surface area contributed by atoms with Crippen molar-refractivity contribution in [2.75, 3.05) is 6.54 Å². The molecule has 1 rings (SSSR count). The zero-order valence-corrected chi connectivity index (χ0v) is 10.1. The van der Waals surface area contributed by atoms with Gasteiger partial charge in [-0.1, -0.05) is 18.2 Å². The Balaban J connectivity index is 2.72. The van der Waals surface area contributed by atoms with Gasteiger partial charge in [0.1, 0.15) is 0 Å². The maximum absolute atomic E-state index is 4.44. The Morgan fingerprint density at radius 3 is 2.27 bits per heavy atom. The molecule has 82 valence electrons.